The highest BCUT2D eigenvalue weighted by molar-refractivity contribution is 4.86. The minimum Gasteiger partial charge on any atom is -0.0883 e. The molecule has 0 amide bonds. The third-order valence-corrected chi connectivity index (χ3v) is 2.49. The van der Waals surface area contributed by atoms with Crippen molar-refractivity contribution in [1.29, 1.82) is 0 Å². The molecule has 2 radical (unpaired) electrons. The average Bonchev–Trinajstić information content (AvgIpc) is 2.17. The normalized spacial score (nSPS) is 13.6. The lowest BCUT2D eigenvalue weighted by molar-refractivity contribution is 0.637. The van der Waals surface area contributed by atoms with E-state index < -0.39 is 0 Å². The first-order valence-corrected chi connectivity index (χ1v) is 6.06. The van der Waals surface area contributed by atoms with Crippen LogP contribution in [0.4, 0.5) is 0 Å². The fourth-order valence-corrected chi connectivity index (χ4v) is 1.54. The van der Waals surface area contributed by atoms with Crippen LogP contribution in [-0.2, 0) is 0 Å². The van der Waals surface area contributed by atoms with Crippen molar-refractivity contribution < 1.29 is 0 Å². The van der Waals surface area contributed by atoms with Crippen molar-refractivity contribution in [3.63, 3.8) is 0 Å². The van der Waals surface area contributed by atoms with Gasteiger partial charge in [0.2, 0.25) is 0 Å². The molecule has 0 aromatic rings. The minimum atomic E-state index is 0.715. The fourth-order valence-electron chi connectivity index (χ4n) is 1.54. The summed E-state index contributed by atoms with van der Waals surface area (Å²) in [5.41, 5.74) is 0. The maximum atomic E-state index is 3.86. The Labute approximate surface area is 90.8 Å². The summed E-state index contributed by atoms with van der Waals surface area (Å²) in [7, 11) is 0. The maximum Gasteiger partial charge on any atom is -0.0262 e. The van der Waals surface area contributed by atoms with Gasteiger partial charge in [-0.2, -0.15) is 0 Å². The second-order valence-corrected chi connectivity index (χ2v) is 4.10. The molecule has 82 valence electrons. The van der Waals surface area contributed by atoms with Crippen molar-refractivity contribution in [1.82, 2.24) is 0 Å². The highest BCUT2D eigenvalue weighted by Gasteiger charge is 1.93. The Kier molecular flexibility index (Phi) is 10.6. The molecule has 0 heterocycles. The first-order chi connectivity index (χ1) is 6.81. The van der Waals surface area contributed by atoms with E-state index in [1.165, 1.54) is 38.5 Å². The maximum absolute atomic E-state index is 3.86. The van der Waals surface area contributed by atoms with Crippen molar-refractivity contribution in [3.05, 3.63) is 26.0 Å². The largest absolute Gasteiger partial charge is 0.0883 e. The molecule has 0 aliphatic rings. The Morgan fingerprint density at radius 1 is 1.00 bits per heavy atom. The molecule has 1 atom stereocenters. The van der Waals surface area contributed by atoms with Crippen molar-refractivity contribution >= 4 is 0 Å². The first kappa shape index (κ1) is 13.7. The predicted molar refractivity (Wildman–Crippen MR) is 66.0 cm³/mol. The molecule has 0 rings (SSSR count). The van der Waals surface area contributed by atoms with Crippen LogP contribution in [-0.4, -0.2) is 0 Å². The fraction of sp³-hybridized carbons (Fsp3) is 0.714. The van der Waals surface area contributed by atoms with E-state index in [1.807, 2.05) is 0 Å². The molecule has 0 aromatic carbocycles. The van der Waals surface area contributed by atoms with E-state index in [-0.39, 0.29) is 0 Å². The standard InChI is InChI=1S/C14H26/c1-4-6-7-8-9-10-11-13-14(3)12-5-2/h11,13-14H,1-2,4-10,12H2,3H3. The summed E-state index contributed by atoms with van der Waals surface area (Å²) in [5, 5.41) is 0. The Morgan fingerprint density at radius 3 is 2.36 bits per heavy atom. The molecule has 0 saturated heterocycles. The van der Waals surface area contributed by atoms with Gasteiger partial charge in [-0.15, -0.1) is 0 Å². The Hall–Kier alpha value is -0.260. The van der Waals surface area contributed by atoms with Gasteiger partial charge in [0.25, 0.3) is 0 Å². The molecule has 0 fully saturated rings. The molecule has 1 unspecified atom stereocenters. The molecular formula is C14H26. The Bertz CT molecular complexity index is 124. The van der Waals surface area contributed by atoms with Gasteiger partial charge in [0.05, 0.1) is 0 Å². The van der Waals surface area contributed by atoms with Gasteiger partial charge in [-0.1, -0.05) is 65.0 Å². The van der Waals surface area contributed by atoms with E-state index in [1.54, 1.807) is 0 Å². The number of hydrogen-bond acceptors (Lipinski definition) is 0. The van der Waals surface area contributed by atoms with Crippen LogP contribution in [0.5, 0.6) is 0 Å². The van der Waals surface area contributed by atoms with Crippen LogP contribution in [0, 0.1) is 19.8 Å². The summed E-state index contributed by atoms with van der Waals surface area (Å²) >= 11 is 0. The summed E-state index contributed by atoms with van der Waals surface area (Å²) in [6.45, 7) is 9.98. The molecule has 0 aliphatic carbocycles. The second-order valence-electron chi connectivity index (χ2n) is 4.10. The summed E-state index contributed by atoms with van der Waals surface area (Å²) in [6.07, 6.45) is 14.6. The Balaban J connectivity index is 3.17. The number of unbranched alkanes of at least 4 members (excludes halogenated alkanes) is 5. The zero-order valence-electron chi connectivity index (χ0n) is 9.80. The summed E-state index contributed by atoms with van der Waals surface area (Å²) < 4.78 is 0. The smallest absolute Gasteiger partial charge is 0.0262 e. The lowest BCUT2D eigenvalue weighted by Crippen LogP contribution is -1.87. The van der Waals surface area contributed by atoms with Gasteiger partial charge >= 0.3 is 0 Å². The quantitative estimate of drug-likeness (QED) is 0.359. The van der Waals surface area contributed by atoms with Crippen LogP contribution >= 0.6 is 0 Å². The van der Waals surface area contributed by atoms with Crippen molar-refractivity contribution in [2.24, 2.45) is 5.92 Å². The number of rotatable bonds is 9. The van der Waals surface area contributed by atoms with Gasteiger partial charge in [-0.25, -0.2) is 0 Å². The molecule has 0 nitrogen and oxygen atoms in total. The van der Waals surface area contributed by atoms with E-state index in [4.69, 9.17) is 0 Å². The van der Waals surface area contributed by atoms with E-state index in [0.29, 0.717) is 5.92 Å². The minimum absolute atomic E-state index is 0.715. The van der Waals surface area contributed by atoms with Crippen LogP contribution in [0.3, 0.4) is 0 Å². The highest BCUT2D eigenvalue weighted by Crippen LogP contribution is 2.09. The molecule has 14 heavy (non-hydrogen) atoms. The summed E-state index contributed by atoms with van der Waals surface area (Å²) in [5.74, 6) is 0.715. The van der Waals surface area contributed by atoms with Crippen molar-refractivity contribution in [2.45, 2.75) is 58.3 Å². The molecule has 0 spiro atoms. The van der Waals surface area contributed by atoms with Crippen LogP contribution < -0.4 is 0 Å². The van der Waals surface area contributed by atoms with Gasteiger partial charge < -0.3 is 0 Å². The molecule has 0 bridgehead atoms. The molecule has 0 saturated carbocycles. The molecule has 0 heteroatoms. The average molecular weight is 194 g/mol. The third-order valence-electron chi connectivity index (χ3n) is 2.49. The van der Waals surface area contributed by atoms with E-state index >= 15 is 0 Å². The number of hydrogen-bond donors (Lipinski definition) is 0. The number of allylic oxidation sites excluding steroid dienone is 2. The Morgan fingerprint density at radius 2 is 1.71 bits per heavy atom. The lowest BCUT2D eigenvalue weighted by atomic mass is 10.0. The van der Waals surface area contributed by atoms with E-state index in [2.05, 4.69) is 32.9 Å². The SMILES string of the molecule is [CH2]CCCCCCC=CC(C)CC[CH2]. The van der Waals surface area contributed by atoms with Crippen LogP contribution in [0.25, 0.3) is 0 Å². The molecule has 0 aromatic heterocycles. The van der Waals surface area contributed by atoms with Crippen LogP contribution in [0.2, 0.25) is 0 Å². The third kappa shape index (κ3) is 9.83. The molecule has 0 aliphatic heterocycles. The van der Waals surface area contributed by atoms with Crippen LogP contribution in [0.1, 0.15) is 58.3 Å². The van der Waals surface area contributed by atoms with Gasteiger partial charge in [0, 0.05) is 0 Å². The zero-order valence-corrected chi connectivity index (χ0v) is 9.80. The highest BCUT2D eigenvalue weighted by atomic mass is 14.0. The topological polar surface area (TPSA) is 0 Å². The molecule has 0 N–H and O–H groups in total. The first-order valence-electron chi connectivity index (χ1n) is 6.06. The predicted octanol–water partition coefficient (Wildman–Crippen LogP) is 4.97. The van der Waals surface area contributed by atoms with E-state index in [0.717, 1.165) is 12.8 Å². The van der Waals surface area contributed by atoms with Crippen LogP contribution in [0.15, 0.2) is 12.2 Å². The van der Waals surface area contributed by atoms with Gasteiger partial charge in [0.15, 0.2) is 0 Å². The second kappa shape index (κ2) is 10.8. The summed E-state index contributed by atoms with van der Waals surface area (Å²) in [6, 6.07) is 0. The van der Waals surface area contributed by atoms with Gasteiger partial charge in [-0.3, -0.25) is 0 Å². The van der Waals surface area contributed by atoms with E-state index in [9.17, 15) is 0 Å². The monoisotopic (exact) mass is 194 g/mol. The zero-order chi connectivity index (χ0) is 10.6. The van der Waals surface area contributed by atoms with Crippen molar-refractivity contribution in [3.8, 4) is 0 Å². The lowest BCUT2D eigenvalue weighted by Gasteiger charge is -2.02. The molecular weight excluding hydrogens is 168 g/mol. The van der Waals surface area contributed by atoms with Crippen molar-refractivity contribution in [2.75, 3.05) is 0 Å². The van der Waals surface area contributed by atoms with Gasteiger partial charge in [-0.05, 0) is 25.2 Å². The summed E-state index contributed by atoms with van der Waals surface area (Å²) in [4.78, 5) is 0. The van der Waals surface area contributed by atoms with Gasteiger partial charge in [0.1, 0.15) is 0 Å².